The van der Waals surface area contributed by atoms with E-state index in [1.807, 2.05) is 65.6 Å². The van der Waals surface area contributed by atoms with Crippen molar-refractivity contribution in [2.45, 2.75) is 88.0 Å². The third-order valence-electron chi connectivity index (χ3n) is 10.2. The van der Waals surface area contributed by atoms with Crippen LogP contribution in [-0.2, 0) is 25.5 Å². The maximum absolute atomic E-state index is 13.9. The van der Waals surface area contributed by atoms with Gasteiger partial charge in [-0.15, -0.1) is 0 Å². The Balaban J connectivity index is 1.14. The molecular weight excluding hydrogens is 572 g/mol. The Labute approximate surface area is 264 Å². The third-order valence-corrected chi connectivity index (χ3v) is 10.2. The first-order valence-corrected chi connectivity index (χ1v) is 16.5. The second kappa shape index (κ2) is 14.0. The second-order valence-corrected chi connectivity index (χ2v) is 12.8. The van der Waals surface area contributed by atoms with Gasteiger partial charge in [-0.05, 0) is 43.2 Å². The fourth-order valence-corrected chi connectivity index (χ4v) is 7.75. The maximum atomic E-state index is 13.9. The van der Waals surface area contributed by atoms with E-state index in [1.54, 1.807) is 0 Å². The minimum atomic E-state index is -1.16. The van der Waals surface area contributed by atoms with Crippen molar-refractivity contribution < 1.29 is 29.0 Å². The zero-order chi connectivity index (χ0) is 31.3. The van der Waals surface area contributed by atoms with Crippen molar-refractivity contribution in [1.82, 2.24) is 19.6 Å². The van der Waals surface area contributed by atoms with Gasteiger partial charge in [-0.1, -0.05) is 79.9 Å². The molecule has 3 amide bonds. The molecule has 1 aliphatic carbocycles. The number of hydrogen-bond donors (Lipinski definition) is 1. The van der Waals surface area contributed by atoms with Gasteiger partial charge < -0.3 is 19.6 Å². The largest absolute Gasteiger partial charge is 0.480 e. The summed E-state index contributed by atoms with van der Waals surface area (Å²) in [4.78, 5) is 60.1. The lowest BCUT2D eigenvalue weighted by Gasteiger charge is -2.53. The Morgan fingerprint density at radius 2 is 1.56 bits per heavy atom. The number of piperazine rings is 1. The highest BCUT2D eigenvalue weighted by molar-refractivity contribution is 5.96. The number of amides is 3. The number of carbonyl (C=O) groups is 4. The van der Waals surface area contributed by atoms with E-state index in [1.165, 1.54) is 41.9 Å². The molecule has 1 saturated carbocycles. The predicted octanol–water partition coefficient (Wildman–Crippen LogP) is 4.10. The van der Waals surface area contributed by atoms with E-state index in [9.17, 15) is 24.3 Å². The van der Waals surface area contributed by atoms with Crippen LogP contribution in [0.15, 0.2) is 60.7 Å². The van der Waals surface area contributed by atoms with Gasteiger partial charge in [0.2, 0.25) is 11.8 Å². The van der Waals surface area contributed by atoms with Crippen LogP contribution in [0.25, 0.3) is 0 Å². The monoisotopic (exact) mass is 616 g/mol. The fraction of sp³-hybridized carbons (Fsp3) is 0.543. The number of carboxylic acid groups (broad SMARTS) is 1. The molecule has 0 spiro atoms. The van der Waals surface area contributed by atoms with Gasteiger partial charge >= 0.3 is 12.1 Å². The second-order valence-electron chi connectivity index (χ2n) is 12.8. The number of hydrogen-bond acceptors (Lipinski definition) is 6. The number of β-lactam (4-membered cyclic amide) rings is 1. The summed E-state index contributed by atoms with van der Waals surface area (Å²) in [6.07, 6.45) is 6.92. The topological polar surface area (TPSA) is 111 Å². The SMILES string of the molecule is O=C(O)[C@H](CCC(=O)N1CCN(C2CCCCC2)CC1)N1C(=O)[C@@H](N2C(=O)OC[C@@H]2c2ccccc2)[C@H]1CCc1ccccc1. The number of aryl methyl sites for hydroxylation is 1. The lowest BCUT2D eigenvalue weighted by molar-refractivity contribution is -0.172. The summed E-state index contributed by atoms with van der Waals surface area (Å²) >= 11 is 0. The quantitative estimate of drug-likeness (QED) is 0.379. The molecule has 0 unspecified atom stereocenters. The highest BCUT2D eigenvalue weighted by Gasteiger charge is 2.58. The number of rotatable bonds is 11. The molecule has 3 aliphatic heterocycles. The molecule has 6 rings (SSSR count). The molecule has 2 aromatic rings. The number of ether oxygens (including phenoxy) is 1. The molecule has 4 fully saturated rings. The molecule has 0 radical (unpaired) electrons. The number of cyclic esters (lactones) is 1. The van der Waals surface area contributed by atoms with E-state index in [-0.39, 0.29) is 25.4 Å². The van der Waals surface area contributed by atoms with Crippen LogP contribution in [0, 0.1) is 0 Å². The Morgan fingerprint density at radius 1 is 0.889 bits per heavy atom. The van der Waals surface area contributed by atoms with E-state index in [0.29, 0.717) is 32.0 Å². The molecule has 3 heterocycles. The number of benzene rings is 2. The molecule has 2 aromatic carbocycles. The lowest BCUT2D eigenvalue weighted by Crippen LogP contribution is -2.74. The summed E-state index contributed by atoms with van der Waals surface area (Å²) in [7, 11) is 0. The molecule has 45 heavy (non-hydrogen) atoms. The molecular formula is C35H44N4O6. The molecule has 4 aliphatic rings. The van der Waals surface area contributed by atoms with E-state index >= 15 is 0 Å². The van der Waals surface area contributed by atoms with Gasteiger partial charge in [0.15, 0.2) is 0 Å². The normalized spacial score (nSPS) is 25.2. The molecule has 3 saturated heterocycles. The minimum Gasteiger partial charge on any atom is -0.480 e. The van der Waals surface area contributed by atoms with Gasteiger partial charge in [0.25, 0.3) is 0 Å². The minimum absolute atomic E-state index is 0.0316. The molecule has 240 valence electrons. The summed E-state index contributed by atoms with van der Waals surface area (Å²) in [6.45, 7) is 3.12. The van der Waals surface area contributed by atoms with Crippen LogP contribution >= 0.6 is 0 Å². The zero-order valence-electron chi connectivity index (χ0n) is 25.8. The van der Waals surface area contributed by atoms with E-state index in [4.69, 9.17) is 4.74 Å². The molecule has 0 aromatic heterocycles. The molecule has 10 heteroatoms. The summed E-state index contributed by atoms with van der Waals surface area (Å²) < 4.78 is 5.43. The number of likely N-dealkylation sites (tertiary alicyclic amines) is 1. The number of carbonyl (C=O) groups excluding carboxylic acids is 3. The summed E-state index contributed by atoms with van der Waals surface area (Å²) in [5, 5.41) is 10.3. The summed E-state index contributed by atoms with van der Waals surface area (Å²) in [5.41, 5.74) is 1.92. The van der Waals surface area contributed by atoms with Crippen LogP contribution in [0.3, 0.4) is 0 Å². The van der Waals surface area contributed by atoms with Gasteiger partial charge in [0.05, 0.1) is 12.1 Å². The number of aliphatic carboxylic acids is 1. The summed E-state index contributed by atoms with van der Waals surface area (Å²) in [5.74, 6) is -1.61. The molecule has 1 N–H and O–H groups in total. The zero-order valence-corrected chi connectivity index (χ0v) is 25.8. The van der Waals surface area contributed by atoms with Crippen molar-refractivity contribution in [3.05, 3.63) is 71.8 Å². The van der Waals surface area contributed by atoms with Crippen LogP contribution in [0.5, 0.6) is 0 Å². The van der Waals surface area contributed by atoms with E-state index in [0.717, 1.165) is 24.2 Å². The first-order chi connectivity index (χ1) is 21.9. The van der Waals surface area contributed by atoms with Gasteiger partial charge in [-0.3, -0.25) is 19.4 Å². The average molecular weight is 617 g/mol. The first-order valence-electron chi connectivity index (χ1n) is 16.5. The van der Waals surface area contributed by atoms with Crippen LogP contribution < -0.4 is 0 Å². The van der Waals surface area contributed by atoms with Gasteiger partial charge in [-0.2, -0.15) is 0 Å². The van der Waals surface area contributed by atoms with Crippen molar-refractivity contribution in [2.24, 2.45) is 0 Å². The highest BCUT2D eigenvalue weighted by atomic mass is 16.6. The van der Waals surface area contributed by atoms with Gasteiger partial charge in [-0.25, -0.2) is 9.59 Å². The number of nitrogens with zero attached hydrogens (tertiary/aromatic N) is 4. The van der Waals surface area contributed by atoms with Crippen LogP contribution in [0.1, 0.15) is 68.5 Å². The average Bonchev–Trinajstić information content (AvgIpc) is 3.45. The van der Waals surface area contributed by atoms with Crippen LogP contribution in [0.4, 0.5) is 4.79 Å². The van der Waals surface area contributed by atoms with Crippen molar-refractivity contribution in [3.63, 3.8) is 0 Å². The fourth-order valence-electron chi connectivity index (χ4n) is 7.75. The highest BCUT2D eigenvalue weighted by Crippen LogP contribution is 2.39. The standard InChI is InChI=1S/C35H44N4O6/c40-31(37-22-20-36(21-23-37)27-14-8-3-9-15-27)19-18-29(34(42)43)38-28(17-16-25-10-4-1-5-11-25)32(33(38)41)39-30(24-45-35(39)44)26-12-6-2-7-13-26/h1-2,4-7,10-13,27-30,32H,3,8-9,14-24H2,(H,42,43)/t28-,29+,30-,32+/m1/s1. The van der Waals surface area contributed by atoms with Crippen molar-refractivity contribution >= 4 is 23.9 Å². The smallest absolute Gasteiger partial charge is 0.411 e. The molecule has 10 nitrogen and oxygen atoms in total. The van der Waals surface area contributed by atoms with Gasteiger partial charge in [0, 0.05) is 38.6 Å². The Morgan fingerprint density at radius 3 is 2.22 bits per heavy atom. The van der Waals surface area contributed by atoms with Crippen LogP contribution in [0.2, 0.25) is 0 Å². The molecule has 0 bridgehead atoms. The molecule has 4 atom stereocenters. The lowest BCUT2D eigenvalue weighted by atomic mass is 9.84. The predicted molar refractivity (Wildman–Crippen MR) is 167 cm³/mol. The Kier molecular flexibility index (Phi) is 9.68. The Bertz CT molecular complexity index is 1340. The summed E-state index contributed by atoms with van der Waals surface area (Å²) in [6, 6.07) is 16.9. The number of carboxylic acids is 1. The van der Waals surface area contributed by atoms with E-state index in [2.05, 4.69) is 4.90 Å². The van der Waals surface area contributed by atoms with Gasteiger partial charge in [0.1, 0.15) is 18.7 Å². The third kappa shape index (κ3) is 6.71. The maximum Gasteiger partial charge on any atom is 0.411 e. The van der Waals surface area contributed by atoms with E-state index < -0.39 is 42.1 Å². The van der Waals surface area contributed by atoms with Crippen LogP contribution in [-0.4, -0.2) is 106 Å². The van der Waals surface area contributed by atoms with Crippen molar-refractivity contribution in [3.8, 4) is 0 Å². The van der Waals surface area contributed by atoms with Crippen molar-refractivity contribution in [2.75, 3.05) is 32.8 Å². The Hall–Kier alpha value is -3.92. The van der Waals surface area contributed by atoms with Crippen molar-refractivity contribution in [1.29, 1.82) is 0 Å². The first kappa shape index (κ1) is 31.1.